The fourth-order valence-electron chi connectivity index (χ4n) is 2.59. The minimum Gasteiger partial charge on any atom is -0.480 e. The maximum atomic E-state index is 11.4. The molecule has 1 aliphatic rings. The summed E-state index contributed by atoms with van der Waals surface area (Å²) in [5, 5.41) is 9.34. The number of carbonyl (C=O) groups is 1. The van der Waals surface area contributed by atoms with Gasteiger partial charge in [-0.3, -0.25) is 9.69 Å². The topological polar surface area (TPSA) is 53.7 Å². The molecule has 1 atom stereocenters. The third-order valence-corrected chi connectivity index (χ3v) is 3.58. The minimum atomic E-state index is -0.708. The monoisotopic (exact) mass is 251 g/mol. The number of aryl methyl sites for hydroxylation is 2. The molecule has 0 bridgehead atoms. The van der Waals surface area contributed by atoms with E-state index in [0.717, 1.165) is 37.5 Å². The van der Waals surface area contributed by atoms with Gasteiger partial charge in [-0.05, 0) is 51.4 Å². The molecular formula is C14H21NO3. The molecular weight excluding hydrogens is 230 g/mol. The number of carboxylic acid groups (broad SMARTS) is 1. The van der Waals surface area contributed by atoms with Crippen molar-refractivity contribution in [2.24, 2.45) is 0 Å². The number of aliphatic carboxylic acids is 1. The summed E-state index contributed by atoms with van der Waals surface area (Å²) in [5.41, 5.74) is 0. The molecule has 2 heterocycles. The van der Waals surface area contributed by atoms with Crippen LogP contribution >= 0.6 is 0 Å². The molecule has 4 heteroatoms. The van der Waals surface area contributed by atoms with Crippen LogP contribution in [0.25, 0.3) is 0 Å². The van der Waals surface area contributed by atoms with E-state index >= 15 is 0 Å². The van der Waals surface area contributed by atoms with Gasteiger partial charge in [0.15, 0.2) is 0 Å². The first-order chi connectivity index (χ1) is 8.66. The lowest BCUT2D eigenvalue weighted by Crippen LogP contribution is -2.44. The van der Waals surface area contributed by atoms with E-state index in [2.05, 4.69) is 4.90 Å². The molecule has 0 saturated carbocycles. The molecule has 2 rings (SSSR count). The van der Waals surface area contributed by atoms with E-state index < -0.39 is 5.97 Å². The summed E-state index contributed by atoms with van der Waals surface area (Å²) < 4.78 is 5.49. The van der Waals surface area contributed by atoms with Gasteiger partial charge in [-0.15, -0.1) is 0 Å². The predicted molar refractivity (Wildman–Crippen MR) is 68.6 cm³/mol. The lowest BCUT2D eigenvalue weighted by molar-refractivity contribution is -0.144. The molecule has 0 amide bonds. The van der Waals surface area contributed by atoms with E-state index in [9.17, 15) is 9.90 Å². The van der Waals surface area contributed by atoms with Crippen molar-refractivity contribution in [3.63, 3.8) is 0 Å². The Bertz CT molecular complexity index is 393. The van der Waals surface area contributed by atoms with Gasteiger partial charge in [0.2, 0.25) is 0 Å². The smallest absolute Gasteiger partial charge is 0.320 e. The summed E-state index contributed by atoms with van der Waals surface area (Å²) in [4.78, 5) is 13.5. The SMILES string of the molecule is Cc1ccc(CCC(C(=O)O)N2CCCCC2)o1. The Morgan fingerprint density at radius 3 is 2.67 bits per heavy atom. The normalized spacial score (nSPS) is 18.7. The van der Waals surface area contributed by atoms with E-state index in [1.165, 1.54) is 6.42 Å². The largest absolute Gasteiger partial charge is 0.480 e. The van der Waals surface area contributed by atoms with Gasteiger partial charge in [0.05, 0.1) is 0 Å². The molecule has 1 N–H and O–H groups in total. The zero-order chi connectivity index (χ0) is 13.0. The molecule has 0 aliphatic carbocycles. The van der Waals surface area contributed by atoms with Crippen LogP contribution in [0.5, 0.6) is 0 Å². The number of furan rings is 1. The quantitative estimate of drug-likeness (QED) is 0.873. The highest BCUT2D eigenvalue weighted by atomic mass is 16.4. The highest BCUT2D eigenvalue weighted by Gasteiger charge is 2.26. The summed E-state index contributed by atoms with van der Waals surface area (Å²) in [6, 6.07) is 3.49. The van der Waals surface area contributed by atoms with E-state index in [1.54, 1.807) is 0 Å². The molecule has 1 aromatic rings. The second-order valence-electron chi connectivity index (χ2n) is 5.00. The highest BCUT2D eigenvalue weighted by molar-refractivity contribution is 5.73. The van der Waals surface area contributed by atoms with Crippen molar-refractivity contribution < 1.29 is 14.3 Å². The number of nitrogens with zero attached hydrogens (tertiary/aromatic N) is 1. The van der Waals surface area contributed by atoms with Gasteiger partial charge in [-0.25, -0.2) is 0 Å². The molecule has 1 saturated heterocycles. The van der Waals surface area contributed by atoms with Gasteiger partial charge < -0.3 is 9.52 Å². The number of hydrogen-bond donors (Lipinski definition) is 1. The van der Waals surface area contributed by atoms with Crippen LogP contribution in [0.15, 0.2) is 16.5 Å². The first kappa shape index (κ1) is 13.1. The van der Waals surface area contributed by atoms with Crippen LogP contribution < -0.4 is 0 Å². The Morgan fingerprint density at radius 2 is 2.11 bits per heavy atom. The van der Waals surface area contributed by atoms with E-state index in [4.69, 9.17) is 4.42 Å². The number of carboxylic acids is 1. The van der Waals surface area contributed by atoms with Crippen molar-refractivity contribution in [2.45, 2.75) is 45.1 Å². The van der Waals surface area contributed by atoms with Crippen LogP contribution in [0.2, 0.25) is 0 Å². The molecule has 1 unspecified atom stereocenters. The van der Waals surface area contributed by atoms with Crippen LogP contribution in [0.1, 0.15) is 37.2 Å². The lowest BCUT2D eigenvalue weighted by Gasteiger charge is -2.31. The average molecular weight is 251 g/mol. The highest BCUT2D eigenvalue weighted by Crippen LogP contribution is 2.17. The van der Waals surface area contributed by atoms with Crippen LogP contribution in [0.4, 0.5) is 0 Å². The fourth-order valence-corrected chi connectivity index (χ4v) is 2.59. The van der Waals surface area contributed by atoms with E-state index in [0.29, 0.717) is 12.8 Å². The Kier molecular flexibility index (Phi) is 4.42. The summed E-state index contributed by atoms with van der Waals surface area (Å²) in [5.74, 6) is 1.06. The molecule has 18 heavy (non-hydrogen) atoms. The zero-order valence-electron chi connectivity index (χ0n) is 10.9. The van der Waals surface area contributed by atoms with Crippen LogP contribution in [0.3, 0.4) is 0 Å². The van der Waals surface area contributed by atoms with Crippen LogP contribution in [-0.4, -0.2) is 35.1 Å². The Balaban J connectivity index is 1.91. The summed E-state index contributed by atoms with van der Waals surface area (Å²) in [6.45, 7) is 3.73. The number of rotatable bonds is 5. The van der Waals surface area contributed by atoms with Gasteiger partial charge in [-0.1, -0.05) is 6.42 Å². The zero-order valence-corrected chi connectivity index (χ0v) is 10.9. The first-order valence-corrected chi connectivity index (χ1v) is 6.69. The maximum Gasteiger partial charge on any atom is 0.320 e. The average Bonchev–Trinajstić information content (AvgIpc) is 2.76. The van der Waals surface area contributed by atoms with Crippen molar-refractivity contribution in [3.8, 4) is 0 Å². The molecule has 4 nitrogen and oxygen atoms in total. The molecule has 0 aromatic carbocycles. The number of piperidine rings is 1. The van der Waals surface area contributed by atoms with Crippen molar-refractivity contribution in [1.29, 1.82) is 0 Å². The molecule has 1 aromatic heterocycles. The van der Waals surface area contributed by atoms with Crippen LogP contribution in [0, 0.1) is 6.92 Å². The fraction of sp³-hybridized carbons (Fsp3) is 0.643. The lowest BCUT2D eigenvalue weighted by atomic mass is 10.0. The molecule has 1 aliphatic heterocycles. The first-order valence-electron chi connectivity index (χ1n) is 6.69. The van der Waals surface area contributed by atoms with Crippen molar-refractivity contribution in [3.05, 3.63) is 23.7 Å². The standard InChI is InChI=1S/C14H21NO3/c1-11-5-6-12(18-11)7-8-13(14(16)17)15-9-3-2-4-10-15/h5-6,13H,2-4,7-10H2,1H3,(H,16,17). The maximum absolute atomic E-state index is 11.4. The Morgan fingerprint density at radius 1 is 1.39 bits per heavy atom. The predicted octanol–water partition coefficient (Wildman–Crippen LogP) is 2.46. The third kappa shape index (κ3) is 3.35. The van der Waals surface area contributed by atoms with Crippen molar-refractivity contribution in [1.82, 2.24) is 4.90 Å². The van der Waals surface area contributed by atoms with Gasteiger partial charge in [-0.2, -0.15) is 0 Å². The summed E-state index contributed by atoms with van der Waals surface area (Å²) in [6.07, 6.45) is 4.77. The van der Waals surface area contributed by atoms with E-state index in [1.807, 2.05) is 19.1 Å². The van der Waals surface area contributed by atoms with Gasteiger partial charge in [0.25, 0.3) is 0 Å². The van der Waals surface area contributed by atoms with Crippen molar-refractivity contribution >= 4 is 5.97 Å². The Hall–Kier alpha value is -1.29. The Labute approximate surface area is 108 Å². The third-order valence-electron chi connectivity index (χ3n) is 3.58. The van der Waals surface area contributed by atoms with E-state index in [-0.39, 0.29) is 6.04 Å². The summed E-state index contributed by atoms with van der Waals surface area (Å²) in [7, 11) is 0. The van der Waals surface area contributed by atoms with Crippen LogP contribution in [-0.2, 0) is 11.2 Å². The van der Waals surface area contributed by atoms with Gasteiger partial charge in [0, 0.05) is 6.42 Å². The van der Waals surface area contributed by atoms with Gasteiger partial charge in [0.1, 0.15) is 17.6 Å². The number of likely N-dealkylation sites (tertiary alicyclic amines) is 1. The second kappa shape index (κ2) is 6.05. The molecule has 0 spiro atoms. The second-order valence-corrected chi connectivity index (χ2v) is 5.00. The minimum absolute atomic E-state index is 0.365. The number of hydrogen-bond acceptors (Lipinski definition) is 3. The van der Waals surface area contributed by atoms with Crippen molar-refractivity contribution in [2.75, 3.05) is 13.1 Å². The molecule has 0 radical (unpaired) electrons. The van der Waals surface area contributed by atoms with Gasteiger partial charge >= 0.3 is 5.97 Å². The molecule has 100 valence electrons. The molecule has 1 fully saturated rings. The summed E-state index contributed by atoms with van der Waals surface area (Å²) >= 11 is 0.